The number of nitrogens with one attached hydrogen (secondary N) is 3. The number of aryl methyl sites for hydroxylation is 1. The number of hydrogen-bond acceptors (Lipinski definition) is 4. The summed E-state index contributed by atoms with van der Waals surface area (Å²) in [7, 11) is 0. The highest BCUT2D eigenvalue weighted by Crippen LogP contribution is 2.22. The van der Waals surface area contributed by atoms with Gasteiger partial charge in [0.15, 0.2) is 5.65 Å². The standard InChI is InChI=1S/C27H21N5O2/c1-17-10-11-21(13-23(17)27(34)32-22-14-24-25(28-15-22)30-16-29-24)31-26(33)20-9-5-8-19(12-20)18-6-3-2-4-7-18/h2-16H,1H3,(H,31,33)(H,32,34)(H,28,29,30). The van der Waals surface area contributed by atoms with E-state index >= 15 is 0 Å². The Bertz CT molecular complexity index is 1510. The zero-order valence-electron chi connectivity index (χ0n) is 18.4. The number of carbonyl (C=O) groups is 2. The lowest BCUT2D eigenvalue weighted by Crippen LogP contribution is -2.16. The Morgan fingerprint density at radius 2 is 1.56 bits per heavy atom. The van der Waals surface area contributed by atoms with Crippen molar-refractivity contribution < 1.29 is 9.59 Å². The fourth-order valence-corrected chi connectivity index (χ4v) is 3.71. The number of aromatic amines is 1. The second-order valence-electron chi connectivity index (χ2n) is 7.88. The van der Waals surface area contributed by atoms with E-state index in [-0.39, 0.29) is 11.8 Å². The van der Waals surface area contributed by atoms with Gasteiger partial charge in [-0.3, -0.25) is 9.59 Å². The van der Waals surface area contributed by atoms with E-state index in [0.29, 0.717) is 33.7 Å². The molecule has 0 atom stereocenters. The number of hydrogen-bond donors (Lipinski definition) is 3. The zero-order valence-corrected chi connectivity index (χ0v) is 18.4. The van der Waals surface area contributed by atoms with E-state index in [1.54, 1.807) is 42.9 Å². The summed E-state index contributed by atoms with van der Waals surface area (Å²) in [6, 6.07) is 24.3. The van der Waals surface area contributed by atoms with Crippen LogP contribution in [-0.4, -0.2) is 26.8 Å². The Morgan fingerprint density at radius 3 is 2.41 bits per heavy atom. The quantitative estimate of drug-likeness (QED) is 0.334. The smallest absolute Gasteiger partial charge is 0.256 e. The van der Waals surface area contributed by atoms with Crippen LogP contribution in [0, 0.1) is 6.92 Å². The molecule has 0 unspecified atom stereocenters. The molecule has 5 aromatic rings. The first-order valence-corrected chi connectivity index (χ1v) is 10.7. The van der Waals surface area contributed by atoms with Gasteiger partial charge in [0.1, 0.15) is 5.52 Å². The lowest BCUT2D eigenvalue weighted by atomic mass is 10.0. The van der Waals surface area contributed by atoms with Gasteiger partial charge in [0.05, 0.1) is 18.2 Å². The van der Waals surface area contributed by atoms with Gasteiger partial charge in [-0.05, 0) is 53.9 Å². The summed E-state index contributed by atoms with van der Waals surface area (Å²) < 4.78 is 0. The van der Waals surface area contributed by atoms with Crippen molar-refractivity contribution in [2.45, 2.75) is 6.92 Å². The van der Waals surface area contributed by atoms with Crippen molar-refractivity contribution in [2.75, 3.05) is 10.6 Å². The molecule has 0 aliphatic rings. The average molecular weight is 447 g/mol. The van der Waals surface area contributed by atoms with Crippen LogP contribution in [0.2, 0.25) is 0 Å². The van der Waals surface area contributed by atoms with E-state index in [9.17, 15) is 9.59 Å². The molecule has 5 rings (SSSR count). The normalized spacial score (nSPS) is 10.7. The van der Waals surface area contributed by atoms with E-state index in [2.05, 4.69) is 25.6 Å². The maximum Gasteiger partial charge on any atom is 0.256 e. The number of anilines is 2. The van der Waals surface area contributed by atoms with Crippen molar-refractivity contribution in [3.8, 4) is 11.1 Å². The molecular weight excluding hydrogens is 426 g/mol. The number of rotatable bonds is 5. The monoisotopic (exact) mass is 447 g/mol. The number of fused-ring (bicyclic) bond motifs is 1. The molecule has 0 spiro atoms. The molecule has 0 aliphatic heterocycles. The summed E-state index contributed by atoms with van der Waals surface area (Å²) in [5.41, 5.74) is 6.15. The van der Waals surface area contributed by atoms with Crippen molar-refractivity contribution in [2.24, 2.45) is 0 Å². The minimum Gasteiger partial charge on any atom is -0.329 e. The number of amides is 2. The lowest BCUT2D eigenvalue weighted by molar-refractivity contribution is 0.101. The summed E-state index contributed by atoms with van der Waals surface area (Å²) in [6.45, 7) is 1.85. The molecule has 0 bridgehead atoms. The van der Waals surface area contributed by atoms with Crippen LogP contribution in [0.15, 0.2) is 91.4 Å². The van der Waals surface area contributed by atoms with Crippen LogP contribution in [-0.2, 0) is 0 Å². The Labute approximate surface area is 195 Å². The summed E-state index contributed by atoms with van der Waals surface area (Å²) in [5.74, 6) is -0.544. The largest absolute Gasteiger partial charge is 0.329 e. The van der Waals surface area contributed by atoms with Crippen LogP contribution < -0.4 is 10.6 Å². The molecule has 2 aromatic heterocycles. The fraction of sp³-hybridized carbons (Fsp3) is 0.0370. The molecule has 3 aromatic carbocycles. The number of H-pyrrole nitrogens is 1. The van der Waals surface area contributed by atoms with Crippen LogP contribution in [0.3, 0.4) is 0 Å². The Kier molecular flexibility index (Phi) is 5.58. The minimum atomic E-state index is -0.295. The first-order chi connectivity index (χ1) is 16.6. The molecule has 0 fully saturated rings. The van der Waals surface area contributed by atoms with Crippen LogP contribution >= 0.6 is 0 Å². The van der Waals surface area contributed by atoms with E-state index in [0.717, 1.165) is 16.7 Å². The molecule has 0 saturated heterocycles. The van der Waals surface area contributed by atoms with Crippen molar-refractivity contribution in [1.29, 1.82) is 0 Å². The third-order valence-corrected chi connectivity index (χ3v) is 5.50. The van der Waals surface area contributed by atoms with Crippen molar-refractivity contribution in [3.63, 3.8) is 0 Å². The molecule has 2 heterocycles. The molecular formula is C27H21N5O2. The van der Waals surface area contributed by atoms with Gasteiger partial charge in [0.25, 0.3) is 11.8 Å². The summed E-state index contributed by atoms with van der Waals surface area (Å²) in [4.78, 5) is 37.2. The third kappa shape index (κ3) is 4.40. The van der Waals surface area contributed by atoms with Gasteiger partial charge in [0, 0.05) is 16.8 Å². The van der Waals surface area contributed by atoms with Crippen LogP contribution in [0.25, 0.3) is 22.3 Å². The van der Waals surface area contributed by atoms with E-state index in [1.165, 1.54) is 0 Å². The Hall–Kier alpha value is -4.78. The van der Waals surface area contributed by atoms with Crippen LogP contribution in [0.4, 0.5) is 11.4 Å². The summed E-state index contributed by atoms with van der Waals surface area (Å²) in [6.07, 6.45) is 3.12. The number of nitrogens with zero attached hydrogens (tertiary/aromatic N) is 2. The molecule has 0 saturated carbocycles. The predicted molar refractivity (Wildman–Crippen MR) is 133 cm³/mol. The number of carbonyl (C=O) groups excluding carboxylic acids is 2. The van der Waals surface area contributed by atoms with Gasteiger partial charge in [-0.25, -0.2) is 9.97 Å². The van der Waals surface area contributed by atoms with E-state index < -0.39 is 0 Å². The summed E-state index contributed by atoms with van der Waals surface area (Å²) in [5, 5.41) is 5.75. The van der Waals surface area contributed by atoms with E-state index in [4.69, 9.17) is 0 Å². The molecule has 34 heavy (non-hydrogen) atoms. The Balaban J connectivity index is 1.34. The topological polar surface area (TPSA) is 99.8 Å². The maximum atomic E-state index is 12.9. The maximum absolute atomic E-state index is 12.9. The Morgan fingerprint density at radius 1 is 0.765 bits per heavy atom. The summed E-state index contributed by atoms with van der Waals surface area (Å²) >= 11 is 0. The van der Waals surface area contributed by atoms with Gasteiger partial charge in [-0.2, -0.15) is 0 Å². The number of aromatic nitrogens is 3. The number of imidazole rings is 1. The minimum absolute atomic E-state index is 0.249. The average Bonchev–Trinajstić information content (AvgIpc) is 3.34. The highest BCUT2D eigenvalue weighted by molar-refractivity contribution is 6.08. The van der Waals surface area contributed by atoms with Gasteiger partial charge < -0.3 is 15.6 Å². The predicted octanol–water partition coefficient (Wildman–Crippen LogP) is 5.44. The SMILES string of the molecule is Cc1ccc(NC(=O)c2cccc(-c3ccccc3)c2)cc1C(=O)Nc1cnc2[nH]cnc2c1. The van der Waals surface area contributed by atoms with Gasteiger partial charge >= 0.3 is 0 Å². The molecule has 7 nitrogen and oxygen atoms in total. The highest BCUT2D eigenvalue weighted by atomic mass is 16.2. The van der Waals surface area contributed by atoms with E-state index in [1.807, 2.05) is 55.5 Å². The van der Waals surface area contributed by atoms with Crippen molar-refractivity contribution >= 4 is 34.4 Å². The molecule has 0 aliphatic carbocycles. The molecule has 166 valence electrons. The van der Waals surface area contributed by atoms with Crippen LogP contribution in [0.1, 0.15) is 26.3 Å². The number of benzene rings is 3. The highest BCUT2D eigenvalue weighted by Gasteiger charge is 2.14. The number of pyridine rings is 1. The third-order valence-electron chi connectivity index (χ3n) is 5.50. The second kappa shape index (κ2) is 8.99. The van der Waals surface area contributed by atoms with Gasteiger partial charge in [-0.15, -0.1) is 0 Å². The molecule has 3 N–H and O–H groups in total. The van der Waals surface area contributed by atoms with Gasteiger partial charge in [0.2, 0.25) is 0 Å². The van der Waals surface area contributed by atoms with Crippen molar-refractivity contribution in [1.82, 2.24) is 15.0 Å². The van der Waals surface area contributed by atoms with Crippen LogP contribution in [0.5, 0.6) is 0 Å². The van der Waals surface area contributed by atoms with Gasteiger partial charge in [-0.1, -0.05) is 48.5 Å². The fourth-order valence-electron chi connectivity index (χ4n) is 3.71. The lowest BCUT2D eigenvalue weighted by Gasteiger charge is -2.11. The first-order valence-electron chi connectivity index (χ1n) is 10.7. The molecule has 7 heteroatoms. The first kappa shape index (κ1) is 21.1. The zero-order chi connectivity index (χ0) is 23.5. The molecule has 2 amide bonds. The second-order valence-corrected chi connectivity index (χ2v) is 7.88. The van der Waals surface area contributed by atoms with Crippen molar-refractivity contribution in [3.05, 3.63) is 108 Å². The molecule has 0 radical (unpaired) electrons.